The monoisotopic (exact) mass is 351 g/mol. The van der Waals surface area contributed by atoms with Gasteiger partial charge in [0.25, 0.3) is 0 Å². The number of hydrogen-bond donors (Lipinski definition) is 1. The zero-order chi connectivity index (χ0) is 15.2. The molecule has 2 aromatic rings. The lowest BCUT2D eigenvalue weighted by Gasteiger charge is -2.17. The standard InChI is InChI=1S/C16H19BrFN3/c1-3-6-19-15(16-20-9-11(2)10-21-16)7-12-4-5-13(17)8-14(12)18/h4-5,8-10,15,19H,3,6-7H2,1-2H3. The van der Waals surface area contributed by atoms with Crippen LogP contribution in [0.1, 0.15) is 36.3 Å². The van der Waals surface area contributed by atoms with Gasteiger partial charge in [-0.1, -0.05) is 28.9 Å². The summed E-state index contributed by atoms with van der Waals surface area (Å²) in [6.45, 7) is 4.90. The predicted octanol–water partition coefficient (Wildman–Crippen LogP) is 3.97. The van der Waals surface area contributed by atoms with E-state index in [-0.39, 0.29) is 11.9 Å². The Kier molecular flexibility index (Phi) is 5.82. The van der Waals surface area contributed by atoms with Crippen molar-refractivity contribution < 1.29 is 4.39 Å². The van der Waals surface area contributed by atoms with Crippen molar-refractivity contribution in [2.75, 3.05) is 6.54 Å². The lowest BCUT2D eigenvalue weighted by molar-refractivity contribution is 0.491. The van der Waals surface area contributed by atoms with Gasteiger partial charge in [-0.15, -0.1) is 0 Å². The lowest BCUT2D eigenvalue weighted by Crippen LogP contribution is -2.26. The van der Waals surface area contributed by atoms with Crippen molar-refractivity contribution in [3.8, 4) is 0 Å². The van der Waals surface area contributed by atoms with Gasteiger partial charge in [0.15, 0.2) is 0 Å². The second kappa shape index (κ2) is 7.61. The number of nitrogens with zero attached hydrogens (tertiary/aromatic N) is 2. The average molecular weight is 352 g/mol. The minimum absolute atomic E-state index is 0.0822. The minimum atomic E-state index is -0.209. The molecule has 1 heterocycles. The summed E-state index contributed by atoms with van der Waals surface area (Å²) in [4.78, 5) is 8.74. The lowest BCUT2D eigenvalue weighted by atomic mass is 10.0. The van der Waals surface area contributed by atoms with Gasteiger partial charge in [0.05, 0.1) is 6.04 Å². The highest BCUT2D eigenvalue weighted by atomic mass is 79.9. The number of benzene rings is 1. The van der Waals surface area contributed by atoms with Gasteiger partial charge < -0.3 is 5.32 Å². The van der Waals surface area contributed by atoms with Gasteiger partial charge >= 0.3 is 0 Å². The second-order valence-corrected chi connectivity index (χ2v) is 5.98. The molecule has 1 aromatic heterocycles. The molecule has 5 heteroatoms. The van der Waals surface area contributed by atoms with E-state index in [1.54, 1.807) is 18.5 Å². The van der Waals surface area contributed by atoms with Gasteiger partial charge in [-0.2, -0.15) is 0 Å². The molecule has 0 bridgehead atoms. The van der Waals surface area contributed by atoms with Crippen molar-refractivity contribution in [3.05, 3.63) is 57.8 Å². The first-order chi connectivity index (χ1) is 10.1. The second-order valence-electron chi connectivity index (χ2n) is 5.07. The summed E-state index contributed by atoms with van der Waals surface area (Å²) >= 11 is 3.28. The molecular weight excluding hydrogens is 333 g/mol. The van der Waals surface area contributed by atoms with E-state index >= 15 is 0 Å². The molecule has 0 spiro atoms. The third-order valence-electron chi connectivity index (χ3n) is 3.19. The van der Waals surface area contributed by atoms with Crippen LogP contribution in [0.25, 0.3) is 0 Å². The van der Waals surface area contributed by atoms with Gasteiger partial charge in [0.2, 0.25) is 0 Å². The summed E-state index contributed by atoms with van der Waals surface area (Å²) in [7, 11) is 0. The third-order valence-corrected chi connectivity index (χ3v) is 3.69. The van der Waals surface area contributed by atoms with Crippen molar-refractivity contribution in [2.24, 2.45) is 0 Å². The molecule has 21 heavy (non-hydrogen) atoms. The summed E-state index contributed by atoms with van der Waals surface area (Å²) in [6, 6.07) is 5.06. The topological polar surface area (TPSA) is 37.8 Å². The molecule has 112 valence electrons. The SMILES string of the molecule is CCCNC(Cc1ccc(Br)cc1F)c1ncc(C)cn1. The molecule has 0 saturated heterocycles. The summed E-state index contributed by atoms with van der Waals surface area (Å²) in [5, 5.41) is 3.39. The Morgan fingerprint density at radius 1 is 1.29 bits per heavy atom. The van der Waals surface area contributed by atoms with Crippen LogP contribution >= 0.6 is 15.9 Å². The van der Waals surface area contributed by atoms with Crippen molar-refractivity contribution >= 4 is 15.9 Å². The van der Waals surface area contributed by atoms with Crippen LogP contribution < -0.4 is 5.32 Å². The van der Waals surface area contributed by atoms with Gasteiger partial charge in [-0.3, -0.25) is 0 Å². The Hall–Kier alpha value is -1.33. The molecule has 0 radical (unpaired) electrons. The molecule has 0 aliphatic carbocycles. The predicted molar refractivity (Wildman–Crippen MR) is 85.6 cm³/mol. The Morgan fingerprint density at radius 3 is 2.62 bits per heavy atom. The molecule has 0 fully saturated rings. The highest BCUT2D eigenvalue weighted by Crippen LogP contribution is 2.21. The van der Waals surface area contributed by atoms with E-state index in [9.17, 15) is 4.39 Å². The zero-order valence-corrected chi connectivity index (χ0v) is 13.8. The maximum Gasteiger partial charge on any atom is 0.145 e. The molecule has 0 saturated carbocycles. The number of aromatic nitrogens is 2. The van der Waals surface area contributed by atoms with E-state index in [0.29, 0.717) is 17.8 Å². The first-order valence-corrected chi connectivity index (χ1v) is 7.85. The minimum Gasteiger partial charge on any atom is -0.307 e. The molecule has 2 rings (SSSR count). The van der Waals surface area contributed by atoms with Crippen LogP contribution in [0.15, 0.2) is 35.1 Å². The Morgan fingerprint density at radius 2 is 2.00 bits per heavy atom. The Balaban J connectivity index is 2.21. The highest BCUT2D eigenvalue weighted by Gasteiger charge is 2.16. The Bertz CT molecular complexity index is 587. The van der Waals surface area contributed by atoms with Crippen LogP contribution in [-0.4, -0.2) is 16.5 Å². The van der Waals surface area contributed by atoms with Crippen molar-refractivity contribution in [2.45, 2.75) is 32.7 Å². The number of nitrogens with one attached hydrogen (secondary N) is 1. The van der Waals surface area contributed by atoms with E-state index in [2.05, 4.69) is 38.1 Å². The highest BCUT2D eigenvalue weighted by molar-refractivity contribution is 9.10. The molecule has 1 N–H and O–H groups in total. The number of halogens is 2. The van der Waals surface area contributed by atoms with Crippen LogP contribution in [0.3, 0.4) is 0 Å². The molecule has 1 atom stereocenters. The third kappa shape index (κ3) is 4.58. The van der Waals surface area contributed by atoms with E-state index < -0.39 is 0 Å². The maximum atomic E-state index is 14.0. The van der Waals surface area contributed by atoms with Gasteiger partial charge in [0.1, 0.15) is 11.6 Å². The summed E-state index contributed by atoms with van der Waals surface area (Å²) in [5.41, 5.74) is 1.68. The van der Waals surface area contributed by atoms with Crippen LogP contribution in [0.5, 0.6) is 0 Å². The normalized spacial score (nSPS) is 12.4. The average Bonchev–Trinajstić information content (AvgIpc) is 2.46. The quantitative estimate of drug-likeness (QED) is 0.855. The number of aryl methyl sites for hydroxylation is 1. The smallest absolute Gasteiger partial charge is 0.145 e. The molecular formula is C16H19BrFN3. The van der Waals surface area contributed by atoms with Crippen LogP contribution in [-0.2, 0) is 6.42 Å². The van der Waals surface area contributed by atoms with Crippen LogP contribution in [0.4, 0.5) is 4.39 Å². The fraction of sp³-hybridized carbons (Fsp3) is 0.375. The fourth-order valence-electron chi connectivity index (χ4n) is 2.06. The van der Waals surface area contributed by atoms with Gasteiger partial charge in [-0.05, 0) is 49.6 Å². The zero-order valence-electron chi connectivity index (χ0n) is 12.2. The Labute approximate surface area is 133 Å². The van der Waals surface area contributed by atoms with E-state index in [0.717, 1.165) is 23.0 Å². The van der Waals surface area contributed by atoms with E-state index in [4.69, 9.17) is 0 Å². The maximum absolute atomic E-state index is 14.0. The van der Waals surface area contributed by atoms with Crippen molar-refractivity contribution in [3.63, 3.8) is 0 Å². The first-order valence-electron chi connectivity index (χ1n) is 7.06. The molecule has 1 aromatic carbocycles. The molecule has 0 aliphatic heterocycles. The number of hydrogen-bond acceptors (Lipinski definition) is 3. The van der Waals surface area contributed by atoms with Crippen molar-refractivity contribution in [1.82, 2.24) is 15.3 Å². The fourth-order valence-corrected chi connectivity index (χ4v) is 2.40. The van der Waals surface area contributed by atoms with E-state index in [1.165, 1.54) is 6.07 Å². The molecule has 0 aliphatic rings. The summed E-state index contributed by atoms with van der Waals surface area (Å²) in [5.74, 6) is 0.496. The molecule has 1 unspecified atom stereocenters. The van der Waals surface area contributed by atoms with E-state index in [1.807, 2.05) is 13.0 Å². The molecule has 3 nitrogen and oxygen atoms in total. The molecule has 0 amide bonds. The largest absolute Gasteiger partial charge is 0.307 e. The van der Waals surface area contributed by atoms with Crippen LogP contribution in [0, 0.1) is 12.7 Å². The van der Waals surface area contributed by atoms with Gasteiger partial charge in [-0.25, -0.2) is 14.4 Å². The van der Waals surface area contributed by atoms with Gasteiger partial charge in [0, 0.05) is 16.9 Å². The summed E-state index contributed by atoms with van der Waals surface area (Å²) < 4.78 is 14.8. The summed E-state index contributed by atoms with van der Waals surface area (Å²) in [6.07, 6.45) is 5.12. The number of rotatable bonds is 6. The van der Waals surface area contributed by atoms with Crippen LogP contribution in [0.2, 0.25) is 0 Å². The first kappa shape index (κ1) is 16.0. The van der Waals surface area contributed by atoms with Crippen molar-refractivity contribution in [1.29, 1.82) is 0 Å².